The largest absolute Gasteiger partial charge is 0.405 e. The van der Waals surface area contributed by atoms with E-state index in [1.54, 1.807) is 13.0 Å². The molecule has 37 heavy (non-hydrogen) atoms. The van der Waals surface area contributed by atoms with E-state index < -0.39 is 42.0 Å². The first-order chi connectivity index (χ1) is 17.2. The summed E-state index contributed by atoms with van der Waals surface area (Å²) in [5, 5.41) is 0. The number of halogens is 7. The molecule has 1 aliphatic rings. The summed E-state index contributed by atoms with van der Waals surface area (Å²) < 4.78 is 89.2. The average molecular weight is 537 g/mol. The maximum absolute atomic E-state index is 13.1. The van der Waals surface area contributed by atoms with Crippen molar-refractivity contribution in [3.8, 4) is 0 Å². The number of carbonyl (C=O) groups excluding carboxylic acids is 1. The Labute approximate surface area is 211 Å². The number of benzene rings is 1. The normalized spacial score (nSPS) is 17.4. The molecule has 4 N–H and O–H groups in total. The molecule has 0 spiro atoms. The van der Waals surface area contributed by atoms with Crippen molar-refractivity contribution < 1.29 is 35.5 Å². The average Bonchev–Trinajstić information content (AvgIpc) is 2.78. The molecule has 1 aromatic carbocycles. The number of nitrogens with zero attached hydrogens (tertiary/aromatic N) is 2. The molecule has 0 bridgehead atoms. The number of likely N-dealkylation sites (N-methyl/N-ethyl adjacent to an activating group) is 1. The van der Waals surface area contributed by atoms with Gasteiger partial charge in [0.25, 0.3) is 0 Å². The summed E-state index contributed by atoms with van der Waals surface area (Å²) in [5.74, 6) is -3.86. The minimum atomic E-state index is -4.30. The van der Waals surface area contributed by atoms with Gasteiger partial charge in [-0.05, 0) is 43.7 Å². The number of hydrogen-bond donors (Lipinski definition) is 2. The van der Waals surface area contributed by atoms with Crippen molar-refractivity contribution in [3.05, 3.63) is 82.7 Å². The van der Waals surface area contributed by atoms with E-state index in [4.69, 9.17) is 11.5 Å². The standard InChI is InChI=1S/C15H21F4N3.C10H10F3NO/c1-4-12(6-5-11(2)16)14(20)13-9-21(3)7-8-22(13)10-15(17,18)19;11-8-5-10(13)9(12)4-6(8)3-7(14)1-2-15/h4-6H,2,7-10,20H2,1,3H3;2,4-5,7H,1,3,14H2/b6-5-,12-4+,14-13-;. The van der Waals surface area contributed by atoms with Gasteiger partial charge in [0.2, 0.25) is 0 Å². The van der Waals surface area contributed by atoms with Crippen LogP contribution < -0.4 is 11.5 Å². The zero-order chi connectivity index (χ0) is 28.3. The number of carbonyl (C=O) groups is 1. The van der Waals surface area contributed by atoms with Gasteiger partial charge in [0, 0.05) is 38.2 Å². The quantitative estimate of drug-likeness (QED) is 0.221. The van der Waals surface area contributed by atoms with Crippen molar-refractivity contribution in [2.24, 2.45) is 11.5 Å². The first-order valence-electron chi connectivity index (χ1n) is 11.2. The van der Waals surface area contributed by atoms with Crippen molar-refractivity contribution in [1.82, 2.24) is 9.80 Å². The Morgan fingerprint density at radius 3 is 2.30 bits per heavy atom. The predicted octanol–water partition coefficient (Wildman–Crippen LogP) is 4.51. The third kappa shape index (κ3) is 11.2. The molecule has 1 aromatic rings. The summed E-state index contributed by atoms with van der Waals surface area (Å²) in [7, 11) is 1.81. The van der Waals surface area contributed by atoms with E-state index in [1.165, 1.54) is 11.0 Å². The van der Waals surface area contributed by atoms with Gasteiger partial charge in [-0.2, -0.15) is 13.2 Å². The third-order valence-corrected chi connectivity index (χ3v) is 5.27. The van der Waals surface area contributed by atoms with Crippen LogP contribution in [-0.4, -0.2) is 61.5 Å². The summed E-state index contributed by atoms with van der Waals surface area (Å²) >= 11 is 0. The monoisotopic (exact) mass is 536 g/mol. The summed E-state index contributed by atoms with van der Waals surface area (Å²) in [6.45, 7) is 4.82. The van der Waals surface area contributed by atoms with Crippen molar-refractivity contribution in [2.75, 3.05) is 33.2 Å². The maximum atomic E-state index is 13.1. The van der Waals surface area contributed by atoms with Crippen LogP contribution in [0.3, 0.4) is 0 Å². The first kappa shape index (κ1) is 31.9. The minimum absolute atomic E-state index is 0.00176. The zero-order valence-electron chi connectivity index (χ0n) is 20.6. The Bertz CT molecular complexity index is 1030. The van der Waals surface area contributed by atoms with E-state index in [0.717, 1.165) is 12.1 Å². The number of hydrogen-bond acceptors (Lipinski definition) is 5. The Morgan fingerprint density at radius 1 is 1.14 bits per heavy atom. The molecule has 0 radical (unpaired) electrons. The second kappa shape index (κ2) is 14.6. The first-order valence-corrected chi connectivity index (χ1v) is 11.2. The smallest absolute Gasteiger partial charge is 0.397 e. The number of aldehydes is 1. The van der Waals surface area contributed by atoms with Crippen LogP contribution in [0.4, 0.5) is 30.7 Å². The molecule has 0 amide bonds. The summed E-state index contributed by atoms with van der Waals surface area (Å²) in [6, 6.07) is 0.648. The predicted molar refractivity (Wildman–Crippen MR) is 128 cm³/mol. The number of allylic oxidation sites excluding steroid dienone is 4. The van der Waals surface area contributed by atoms with Crippen LogP contribution in [0.1, 0.15) is 18.9 Å². The van der Waals surface area contributed by atoms with Crippen LogP contribution >= 0.6 is 0 Å². The van der Waals surface area contributed by atoms with Gasteiger partial charge in [0.05, 0.1) is 11.4 Å². The van der Waals surface area contributed by atoms with Crippen molar-refractivity contribution in [3.63, 3.8) is 0 Å². The van der Waals surface area contributed by atoms with Crippen LogP contribution in [0.25, 0.3) is 0 Å². The molecule has 1 atom stereocenters. The highest BCUT2D eigenvalue weighted by molar-refractivity contribution is 5.50. The van der Waals surface area contributed by atoms with Gasteiger partial charge in [0.1, 0.15) is 24.5 Å². The van der Waals surface area contributed by atoms with Crippen molar-refractivity contribution in [1.29, 1.82) is 0 Å². The van der Waals surface area contributed by atoms with Crippen molar-refractivity contribution >= 4 is 6.29 Å². The minimum Gasteiger partial charge on any atom is -0.397 e. The van der Waals surface area contributed by atoms with E-state index in [-0.39, 0.29) is 30.6 Å². The van der Waals surface area contributed by atoms with Crippen LogP contribution in [-0.2, 0) is 11.2 Å². The van der Waals surface area contributed by atoms with Gasteiger partial charge >= 0.3 is 6.18 Å². The molecule has 1 heterocycles. The van der Waals surface area contributed by atoms with Gasteiger partial charge in [-0.1, -0.05) is 18.7 Å². The van der Waals surface area contributed by atoms with Gasteiger partial charge in [-0.3, -0.25) is 4.90 Å². The summed E-state index contributed by atoms with van der Waals surface area (Å²) in [6.07, 6.45) is 0.514. The number of rotatable bonds is 8. The highest BCUT2D eigenvalue weighted by Gasteiger charge is 2.34. The lowest BCUT2D eigenvalue weighted by molar-refractivity contribution is -0.144. The highest BCUT2D eigenvalue weighted by atomic mass is 19.4. The second-order valence-electron chi connectivity index (χ2n) is 8.38. The van der Waals surface area contributed by atoms with Gasteiger partial charge < -0.3 is 21.2 Å². The van der Waals surface area contributed by atoms with Crippen LogP contribution in [0.2, 0.25) is 0 Å². The molecule has 0 saturated carbocycles. The van der Waals surface area contributed by atoms with Gasteiger partial charge in [0.15, 0.2) is 11.6 Å². The van der Waals surface area contributed by atoms with Crippen molar-refractivity contribution in [2.45, 2.75) is 32.0 Å². The lowest BCUT2D eigenvalue weighted by atomic mass is 10.0. The Kier molecular flexibility index (Phi) is 12.6. The van der Waals surface area contributed by atoms with Gasteiger partial charge in [-0.25, -0.2) is 17.6 Å². The highest BCUT2D eigenvalue weighted by Crippen LogP contribution is 2.25. The number of nitrogens with two attached hydrogens (primary N) is 2. The molecule has 12 heteroatoms. The molecular formula is C25H31F7N4O. The number of alkyl halides is 3. The molecule has 1 fully saturated rings. The fourth-order valence-electron chi connectivity index (χ4n) is 3.41. The molecule has 1 unspecified atom stereocenters. The van der Waals surface area contributed by atoms with E-state index in [2.05, 4.69) is 6.58 Å². The van der Waals surface area contributed by atoms with E-state index in [1.807, 2.05) is 11.9 Å². The summed E-state index contributed by atoms with van der Waals surface area (Å²) in [5.41, 5.74) is 12.6. The molecule has 206 valence electrons. The van der Waals surface area contributed by atoms with Gasteiger partial charge in [-0.15, -0.1) is 0 Å². The van der Waals surface area contributed by atoms with E-state index in [0.29, 0.717) is 36.7 Å². The van der Waals surface area contributed by atoms with Crippen LogP contribution in [0.15, 0.2) is 59.7 Å². The molecule has 1 saturated heterocycles. The summed E-state index contributed by atoms with van der Waals surface area (Å²) in [4.78, 5) is 13.2. The Hall–Kier alpha value is -3.12. The molecule has 5 nitrogen and oxygen atoms in total. The van der Waals surface area contributed by atoms with E-state index >= 15 is 0 Å². The molecule has 0 aliphatic carbocycles. The van der Waals surface area contributed by atoms with Crippen LogP contribution in [0, 0.1) is 17.5 Å². The fourth-order valence-corrected chi connectivity index (χ4v) is 3.41. The third-order valence-electron chi connectivity index (χ3n) is 5.27. The SMILES string of the molecule is C=C(F)\C=C/C(=C\C)C(/N)=C1\CN(C)CCN1CC(F)(F)F.NC(CC=O)Cc1cc(F)c(F)cc1F. The topological polar surface area (TPSA) is 75.6 Å². The second-order valence-corrected chi connectivity index (χ2v) is 8.38. The Balaban J connectivity index is 0.000000397. The molecule has 0 aromatic heterocycles. The fraction of sp³-hybridized carbons (Fsp3) is 0.400. The molecular weight excluding hydrogens is 505 g/mol. The van der Waals surface area contributed by atoms with Crippen LogP contribution in [0.5, 0.6) is 0 Å². The lowest BCUT2D eigenvalue weighted by Gasteiger charge is -2.38. The molecule has 1 aliphatic heterocycles. The maximum Gasteiger partial charge on any atom is 0.405 e. The van der Waals surface area contributed by atoms with E-state index in [9.17, 15) is 35.5 Å². The number of piperazine rings is 1. The lowest BCUT2D eigenvalue weighted by Crippen LogP contribution is -2.47. The Morgan fingerprint density at radius 2 is 1.76 bits per heavy atom. The molecule has 2 rings (SSSR count). The zero-order valence-corrected chi connectivity index (χ0v) is 20.6.